The minimum atomic E-state index is -0.467. The molecule has 1 amide bonds. The van der Waals surface area contributed by atoms with Crippen molar-refractivity contribution in [3.8, 4) is 0 Å². The van der Waals surface area contributed by atoms with Crippen LogP contribution in [0.25, 0.3) is 0 Å². The molecule has 2 rings (SSSR count). The monoisotopic (exact) mass is 264 g/mol. The first-order valence-electron chi connectivity index (χ1n) is 6.75. The first-order chi connectivity index (χ1) is 9.05. The summed E-state index contributed by atoms with van der Waals surface area (Å²) < 4.78 is 13.5. The Hall–Kier alpha value is -1.42. The number of likely N-dealkylation sites (N-methyl/N-ethyl adjacent to an activating group) is 1. The summed E-state index contributed by atoms with van der Waals surface area (Å²) in [4.78, 5) is 14.2. The molecular formula is C15H21FN2O. The number of carbonyl (C=O) groups excluding carboxylic acids is 1. The lowest BCUT2D eigenvalue weighted by molar-refractivity contribution is 0.0896. The van der Waals surface area contributed by atoms with Gasteiger partial charge in [-0.15, -0.1) is 0 Å². The molecule has 0 aromatic heterocycles. The molecule has 0 heterocycles. The fourth-order valence-corrected chi connectivity index (χ4v) is 2.80. The van der Waals surface area contributed by atoms with Gasteiger partial charge in [-0.2, -0.15) is 0 Å². The van der Waals surface area contributed by atoms with E-state index in [0.717, 1.165) is 12.8 Å². The largest absolute Gasteiger partial charge is 0.350 e. The van der Waals surface area contributed by atoms with E-state index in [1.807, 2.05) is 14.1 Å². The van der Waals surface area contributed by atoms with Crippen LogP contribution in [0.1, 0.15) is 36.0 Å². The molecule has 0 spiro atoms. The number of hydrogen-bond acceptors (Lipinski definition) is 2. The Morgan fingerprint density at radius 3 is 2.53 bits per heavy atom. The highest BCUT2D eigenvalue weighted by molar-refractivity contribution is 5.94. The van der Waals surface area contributed by atoms with Crippen LogP contribution in [0.4, 0.5) is 4.39 Å². The minimum absolute atomic E-state index is 0.0287. The third-order valence-electron chi connectivity index (χ3n) is 4.18. The average molecular weight is 264 g/mol. The molecule has 1 aromatic carbocycles. The van der Waals surface area contributed by atoms with E-state index in [1.54, 1.807) is 12.1 Å². The maximum atomic E-state index is 13.5. The van der Waals surface area contributed by atoms with Gasteiger partial charge in [-0.1, -0.05) is 25.0 Å². The minimum Gasteiger partial charge on any atom is -0.350 e. The van der Waals surface area contributed by atoms with Crippen molar-refractivity contribution in [3.05, 3.63) is 35.6 Å². The third kappa shape index (κ3) is 2.95. The van der Waals surface area contributed by atoms with Crippen molar-refractivity contribution in [3.63, 3.8) is 0 Å². The smallest absolute Gasteiger partial charge is 0.254 e. The van der Waals surface area contributed by atoms with E-state index in [2.05, 4.69) is 10.2 Å². The van der Waals surface area contributed by atoms with Crippen LogP contribution < -0.4 is 5.32 Å². The summed E-state index contributed by atoms with van der Waals surface area (Å²) >= 11 is 0. The lowest BCUT2D eigenvalue weighted by Gasteiger charge is -2.36. The zero-order chi connectivity index (χ0) is 13.9. The third-order valence-corrected chi connectivity index (χ3v) is 4.18. The van der Waals surface area contributed by atoms with Crippen LogP contribution in [0.15, 0.2) is 24.3 Å². The fourth-order valence-electron chi connectivity index (χ4n) is 2.80. The van der Waals surface area contributed by atoms with Crippen molar-refractivity contribution in [2.45, 2.75) is 31.2 Å². The predicted molar refractivity (Wildman–Crippen MR) is 73.6 cm³/mol. The Bertz CT molecular complexity index is 453. The van der Waals surface area contributed by atoms with E-state index in [9.17, 15) is 9.18 Å². The topological polar surface area (TPSA) is 32.3 Å². The average Bonchev–Trinajstić information content (AvgIpc) is 2.86. The highest BCUT2D eigenvalue weighted by Gasteiger charge is 2.36. The maximum absolute atomic E-state index is 13.5. The summed E-state index contributed by atoms with van der Waals surface area (Å²) in [6.07, 6.45) is 4.54. The van der Waals surface area contributed by atoms with Crippen LogP contribution in [-0.2, 0) is 0 Å². The number of rotatable bonds is 4. The molecule has 4 heteroatoms. The van der Waals surface area contributed by atoms with Crippen LogP contribution in [0.5, 0.6) is 0 Å². The van der Waals surface area contributed by atoms with E-state index in [4.69, 9.17) is 0 Å². The zero-order valence-corrected chi connectivity index (χ0v) is 11.6. The van der Waals surface area contributed by atoms with E-state index in [1.165, 1.54) is 25.0 Å². The Kier molecular flexibility index (Phi) is 4.20. The number of nitrogens with one attached hydrogen (secondary N) is 1. The Morgan fingerprint density at radius 2 is 1.95 bits per heavy atom. The Balaban J connectivity index is 2.02. The maximum Gasteiger partial charge on any atom is 0.254 e. The number of carbonyl (C=O) groups is 1. The number of nitrogens with zero attached hydrogens (tertiary/aromatic N) is 1. The van der Waals surface area contributed by atoms with E-state index >= 15 is 0 Å². The number of amides is 1. The molecule has 1 aromatic rings. The first-order valence-corrected chi connectivity index (χ1v) is 6.75. The standard InChI is InChI=1S/C15H21FN2O/c1-18(2)15(9-5-6-10-15)11-17-14(19)12-7-3-4-8-13(12)16/h3-4,7-8H,5-6,9-11H2,1-2H3,(H,17,19). The summed E-state index contributed by atoms with van der Waals surface area (Å²) in [6.45, 7) is 0.577. The van der Waals surface area contributed by atoms with Crippen molar-refractivity contribution >= 4 is 5.91 Å². The summed E-state index contributed by atoms with van der Waals surface area (Å²) in [7, 11) is 4.08. The summed E-state index contributed by atoms with van der Waals surface area (Å²) in [5.74, 6) is -0.795. The van der Waals surface area contributed by atoms with Gasteiger partial charge in [0.2, 0.25) is 0 Å². The van der Waals surface area contributed by atoms with Gasteiger partial charge in [-0.3, -0.25) is 4.79 Å². The van der Waals surface area contributed by atoms with Crippen LogP contribution in [0, 0.1) is 5.82 Å². The molecule has 3 nitrogen and oxygen atoms in total. The Labute approximate surface area is 113 Å². The van der Waals surface area contributed by atoms with Crippen molar-refractivity contribution < 1.29 is 9.18 Å². The molecule has 0 aliphatic heterocycles. The van der Waals surface area contributed by atoms with Gasteiger partial charge in [-0.05, 0) is 39.1 Å². The van der Waals surface area contributed by atoms with Gasteiger partial charge in [0.05, 0.1) is 5.56 Å². The van der Waals surface area contributed by atoms with Gasteiger partial charge in [-0.25, -0.2) is 4.39 Å². The highest BCUT2D eigenvalue weighted by Crippen LogP contribution is 2.33. The second kappa shape index (κ2) is 5.70. The van der Waals surface area contributed by atoms with Crippen molar-refractivity contribution in [2.75, 3.05) is 20.6 Å². The predicted octanol–water partition coefficient (Wildman–Crippen LogP) is 2.43. The molecule has 1 N–H and O–H groups in total. The normalized spacial score (nSPS) is 17.7. The van der Waals surface area contributed by atoms with Crippen LogP contribution in [0.2, 0.25) is 0 Å². The summed E-state index contributed by atoms with van der Waals surface area (Å²) in [5, 5.41) is 2.88. The number of hydrogen-bond donors (Lipinski definition) is 1. The molecule has 1 fully saturated rings. The summed E-state index contributed by atoms with van der Waals surface area (Å²) in [5.41, 5.74) is 0.149. The molecule has 0 unspecified atom stereocenters. The second-order valence-corrected chi connectivity index (χ2v) is 5.49. The SMILES string of the molecule is CN(C)C1(CNC(=O)c2ccccc2F)CCCC1. The van der Waals surface area contributed by atoms with E-state index < -0.39 is 5.82 Å². The van der Waals surface area contributed by atoms with Crippen molar-refractivity contribution in [1.82, 2.24) is 10.2 Å². The molecular weight excluding hydrogens is 243 g/mol. The van der Waals surface area contributed by atoms with Crippen LogP contribution in [0.3, 0.4) is 0 Å². The van der Waals surface area contributed by atoms with E-state index in [0.29, 0.717) is 6.54 Å². The highest BCUT2D eigenvalue weighted by atomic mass is 19.1. The van der Waals surface area contributed by atoms with E-state index in [-0.39, 0.29) is 17.0 Å². The first kappa shape index (κ1) is 14.0. The quantitative estimate of drug-likeness (QED) is 0.906. The molecule has 1 saturated carbocycles. The molecule has 1 aliphatic rings. The molecule has 19 heavy (non-hydrogen) atoms. The molecule has 0 radical (unpaired) electrons. The van der Waals surface area contributed by atoms with Gasteiger partial charge in [0.25, 0.3) is 5.91 Å². The van der Waals surface area contributed by atoms with Gasteiger partial charge in [0, 0.05) is 12.1 Å². The second-order valence-electron chi connectivity index (χ2n) is 5.49. The van der Waals surface area contributed by atoms with Gasteiger partial charge in [0.1, 0.15) is 5.82 Å². The molecule has 0 bridgehead atoms. The van der Waals surface area contributed by atoms with Crippen molar-refractivity contribution in [1.29, 1.82) is 0 Å². The van der Waals surface area contributed by atoms with Gasteiger partial charge >= 0.3 is 0 Å². The fraction of sp³-hybridized carbons (Fsp3) is 0.533. The van der Waals surface area contributed by atoms with Gasteiger partial charge < -0.3 is 10.2 Å². The Morgan fingerprint density at radius 1 is 1.32 bits per heavy atom. The lowest BCUT2D eigenvalue weighted by Crippen LogP contribution is -2.50. The van der Waals surface area contributed by atoms with Crippen molar-refractivity contribution in [2.24, 2.45) is 0 Å². The molecule has 0 atom stereocenters. The molecule has 0 saturated heterocycles. The number of benzene rings is 1. The van der Waals surface area contributed by atoms with Crippen LogP contribution >= 0.6 is 0 Å². The zero-order valence-electron chi connectivity index (χ0n) is 11.6. The van der Waals surface area contributed by atoms with Crippen LogP contribution in [-0.4, -0.2) is 37.0 Å². The molecule has 1 aliphatic carbocycles. The lowest BCUT2D eigenvalue weighted by atomic mass is 9.96. The molecule has 104 valence electrons. The summed E-state index contributed by atoms with van der Waals surface area (Å²) in [6, 6.07) is 6.09. The number of halogens is 1. The van der Waals surface area contributed by atoms with Gasteiger partial charge in [0.15, 0.2) is 0 Å².